The van der Waals surface area contributed by atoms with E-state index in [1.807, 2.05) is 52.0 Å². The predicted octanol–water partition coefficient (Wildman–Crippen LogP) is 1.93. The molecule has 0 bridgehead atoms. The molecule has 15 nitrogen and oxygen atoms in total. The van der Waals surface area contributed by atoms with Crippen LogP contribution in [-0.4, -0.2) is 90.8 Å². The highest BCUT2D eigenvalue weighted by atomic mass is 16.8. The number of methoxy groups -OCH3 is 1. The van der Waals surface area contributed by atoms with E-state index in [9.17, 15) is 28.8 Å². The van der Waals surface area contributed by atoms with Gasteiger partial charge in [-0.25, -0.2) is 9.63 Å². The molecule has 2 heterocycles. The van der Waals surface area contributed by atoms with Gasteiger partial charge in [-0.2, -0.15) is 5.06 Å². The summed E-state index contributed by atoms with van der Waals surface area (Å²) in [6.45, 7) is 12.5. The Morgan fingerprint density at radius 3 is 1.87 bits per heavy atom. The van der Waals surface area contributed by atoms with E-state index < -0.39 is 96.1 Å². The first kappa shape index (κ1) is 37.4. The molecule has 6 atom stereocenters. The zero-order chi connectivity index (χ0) is 35.5. The van der Waals surface area contributed by atoms with Crippen molar-refractivity contribution in [2.75, 3.05) is 13.7 Å². The van der Waals surface area contributed by atoms with E-state index in [1.54, 1.807) is 5.06 Å². The molecular weight excluding hydrogens is 620 g/mol. The predicted molar refractivity (Wildman–Crippen MR) is 161 cm³/mol. The number of ether oxygens (including phenoxy) is 6. The molecule has 0 saturated carbocycles. The summed E-state index contributed by atoms with van der Waals surface area (Å²) in [5, 5.41) is 4.22. The fraction of sp³-hybridized carbons (Fsp3) is 0.625. The monoisotopic (exact) mass is 664 g/mol. The minimum atomic E-state index is -2.40. The Kier molecular flexibility index (Phi) is 11.4. The van der Waals surface area contributed by atoms with Crippen LogP contribution in [-0.2, 0) is 73.1 Å². The summed E-state index contributed by atoms with van der Waals surface area (Å²) in [4.78, 5) is 82.0. The van der Waals surface area contributed by atoms with Gasteiger partial charge in [0.1, 0.15) is 18.8 Å². The number of rotatable bonds is 11. The van der Waals surface area contributed by atoms with E-state index in [0.29, 0.717) is 0 Å². The summed E-state index contributed by atoms with van der Waals surface area (Å²) in [6.07, 6.45) is -6.65. The summed E-state index contributed by atoms with van der Waals surface area (Å²) in [5.74, 6) is -7.28. The first-order valence-electron chi connectivity index (χ1n) is 15.0. The zero-order valence-corrected chi connectivity index (χ0v) is 28.4. The number of benzene rings is 1. The average Bonchev–Trinajstić information content (AvgIpc) is 3.11. The molecular formula is C32H44N2O13. The number of carbonyl (C=O) groups excluding carboxylic acids is 6. The third-order valence-corrected chi connectivity index (χ3v) is 7.99. The molecule has 1 fully saturated rings. The highest BCUT2D eigenvalue weighted by molar-refractivity contribution is 5.79. The first-order chi connectivity index (χ1) is 21.8. The molecule has 260 valence electrons. The van der Waals surface area contributed by atoms with Gasteiger partial charge in [-0.05, 0) is 38.8 Å². The van der Waals surface area contributed by atoms with Crippen molar-refractivity contribution in [2.24, 2.45) is 0 Å². The Morgan fingerprint density at radius 1 is 0.872 bits per heavy atom. The number of amides is 1. The smallest absolute Gasteiger partial charge is 0.368 e. The van der Waals surface area contributed by atoms with Crippen LogP contribution in [0, 0.1) is 0 Å². The van der Waals surface area contributed by atoms with Gasteiger partial charge in [0.05, 0.1) is 30.7 Å². The minimum Gasteiger partial charge on any atom is -0.465 e. The Morgan fingerprint density at radius 2 is 1.43 bits per heavy atom. The lowest BCUT2D eigenvalue weighted by Gasteiger charge is -2.51. The van der Waals surface area contributed by atoms with Crippen LogP contribution in [0.4, 0.5) is 0 Å². The molecule has 2 aliphatic rings. The summed E-state index contributed by atoms with van der Waals surface area (Å²) >= 11 is 0. The SMILES string of the molecule is COC(=O)[C@@]1(ON2C(C)(C)c3ccccc3C2(C)C)C[C@H](OC(C)=O)[C@@H](NC(C)=O)[C@H]([C@H](OC(C)=O)[C@@H](COC(C)=O)OC(C)=O)O1. The fourth-order valence-electron chi connectivity index (χ4n) is 6.34. The number of esters is 5. The molecule has 0 spiro atoms. The van der Waals surface area contributed by atoms with E-state index in [0.717, 1.165) is 45.9 Å². The van der Waals surface area contributed by atoms with Crippen LogP contribution in [0.1, 0.15) is 79.9 Å². The van der Waals surface area contributed by atoms with Crippen molar-refractivity contribution < 1.29 is 62.0 Å². The molecule has 1 amide bonds. The summed E-state index contributed by atoms with van der Waals surface area (Å²) in [7, 11) is 1.10. The number of carbonyl (C=O) groups is 6. The molecule has 47 heavy (non-hydrogen) atoms. The van der Waals surface area contributed by atoms with Crippen LogP contribution in [0.15, 0.2) is 24.3 Å². The Labute approximate surface area is 273 Å². The summed E-state index contributed by atoms with van der Waals surface area (Å²) in [6, 6.07) is 6.30. The van der Waals surface area contributed by atoms with Gasteiger partial charge in [-0.1, -0.05) is 24.3 Å². The maximum Gasteiger partial charge on any atom is 0.368 e. The van der Waals surface area contributed by atoms with Gasteiger partial charge in [0.15, 0.2) is 12.2 Å². The molecule has 0 aromatic heterocycles. The minimum absolute atomic E-state index is 0.491. The van der Waals surface area contributed by atoms with E-state index in [2.05, 4.69) is 5.32 Å². The van der Waals surface area contributed by atoms with Crippen molar-refractivity contribution in [3.63, 3.8) is 0 Å². The Hall–Kier alpha value is -4.08. The van der Waals surface area contributed by atoms with Crippen LogP contribution in [0.5, 0.6) is 0 Å². The third kappa shape index (κ3) is 8.08. The second kappa shape index (κ2) is 14.4. The maximum absolute atomic E-state index is 13.9. The van der Waals surface area contributed by atoms with Crippen molar-refractivity contribution in [1.82, 2.24) is 10.4 Å². The lowest BCUT2D eigenvalue weighted by Crippen LogP contribution is -2.70. The van der Waals surface area contributed by atoms with Gasteiger partial charge in [0, 0.05) is 34.6 Å². The highest BCUT2D eigenvalue weighted by Gasteiger charge is 2.63. The molecule has 0 radical (unpaired) electrons. The number of hydrogen-bond acceptors (Lipinski definition) is 14. The van der Waals surface area contributed by atoms with Crippen molar-refractivity contribution in [2.45, 2.75) is 116 Å². The lowest BCUT2D eigenvalue weighted by molar-refractivity contribution is -0.411. The molecule has 2 aliphatic heterocycles. The normalized spacial score (nSPS) is 25.7. The van der Waals surface area contributed by atoms with E-state index in [-0.39, 0.29) is 0 Å². The number of fused-ring (bicyclic) bond motifs is 1. The van der Waals surface area contributed by atoms with Gasteiger partial charge in [-0.15, -0.1) is 0 Å². The molecule has 3 rings (SSSR count). The number of nitrogens with one attached hydrogen (secondary N) is 1. The van der Waals surface area contributed by atoms with Crippen LogP contribution >= 0.6 is 0 Å². The van der Waals surface area contributed by atoms with Gasteiger partial charge >= 0.3 is 29.8 Å². The summed E-state index contributed by atoms with van der Waals surface area (Å²) < 4.78 is 33.5. The number of nitrogens with zero attached hydrogens (tertiary/aromatic N) is 1. The maximum atomic E-state index is 13.9. The lowest BCUT2D eigenvalue weighted by atomic mass is 9.88. The van der Waals surface area contributed by atoms with Crippen molar-refractivity contribution in [3.8, 4) is 0 Å². The fourth-order valence-corrected chi connectivity index (χ4v) is 6.34. The molecule has 0 unspecified atom stereocenters. The second-order valence-electron chi connectivity index (χ2n) is 12.5. The second-order valence-corrected chi connectivity index (χ2v) is 12.5. The number of hydroxylamine groups is 2. The van der Waals surface area contributed by atoms with Gasteiger partial charge in [0.25, 0.3) is 5.79 Å². The average molecular weight is 665 g/mol. The third-order valence-electron chi connectivity index (χ3n) is 7.99. The first-order valence-corrected chi connectivity index (χ1v) is 15.0. The standard InChI is InChI=1S/C32H44N2O13/c1-17(35)33-26-24(43-19(3)37)15-32(29(40)41-10,47-34-30(6,7)22-13-11-12-14-23(22)31(34,8)9)46-28(26)27(45-21(5)39)25(44-20(4)38)16-42-18(2)36/h11-14,24-28H,15-16H2,1-10H3,(H,33,35)/t24-,25+,26+,27+,28+,32-/m0/s1. The van der Waals surface area contributed by atoms with Crippen LogP contribution in [0.2, 0.25) is 0 Å². The van der Waals surface area contributed by atoms with Crippen LogP contribution in [0.3, 0.4) is 0 Å². The topological polar surface area (TPSA) is 182 Å². The van der Waals surface area contributed by atoms with Crippen molar-refractivity contribution in [3.05, 3.63) is 35.4 Å². The Balaban J connectivity index is 2.28. The number of hydrogen-bond donors (Lipinski definition) is 1. The Bertz CT molecular complexity index is 1360. The molecule has 1 aromatic rings. The molecule has 1 saturated heterocycles. The van der Waals surface area contributed by atoms with Gasteiger partial charge < -0.3 is 33.7 Å². The molecule has 0 aliphatic carbocycles. The highest BCUT2D eigenvalue weighted by Crippen LogP contribution is 2.52. The van der Waals surface area contributed by atoms with Crippen molar-refractivity contribution >= 4 is 35.8 Å². The van der Waals surface area contributed by atoms with Gasteiger partial charge in [0.2, 0.25) is 5.91 Å². The summed E-state index contributed by atoms with van der Waals surface area (Å²) in [5.41, 5.74) is 0.0743. The molecule has 1 aromatic carbocycles. The van der Waals surface area contributed by atoms with E-state index in [4.69, 9.17) is 33.3 Å². The van der Waals surface area contributed by atoms with Crippen LogP contribution < -0.4 is 5.32 Å². The molecule has 1 N–H and O–H groups in total. The van der Waals surface area contributed by atoms with Gasteiger partial charge in [-0.3, -0.25) is 24.0 Å². The largest absolute Gasteiger partial charge is 0.465 e. The van der Waals surface area contributed by atoms with E-state index in [1.165, 1.54) is 6.92 Å². The molecule has 15 heteroatoms. The van der Waals surface area contributed by atoms with Crippen LogP contribution in [0.25, 0.3) is 0 Å². The quantitative estimate of drug-likeness (QED) is 0.267. The zero-order valence-electron chi connectivity index (χ0n) is 28.4. The van der Waals surface area contributed by atoms with Crippen molar-refractivity contribution in [1.29, 1.82) is 0 Å². The van der Waals surface area contributed by atoms with E-state index >= 15 is 0 Å².